The number of amides is 1. The highest BCUT2D eigenvalue weighted by molar-refractivity contribution is 5.96. The van der Waals surface area contributed by atoms with Crippen LogP contribution in [0.1, 0.15) is 23.7 Å². The molecule has 1 aromatic carbocycles. The molecule has 0 fully saturated rings. The number of nitrogen functional groups attached to an aromatic ring is 1. The summed E-state index contributed by atoms with van der Waals surface area (Å²) < 4.78 is 0. The maximum absolute atomic E-state index is 11.6. The molecule has 100 valence electrons. The standard InChI is InChI=1S/C13H21N3O2/c1-3-16(7-4-8-17)12-9-10(13(18)15-2)5-6-11(12)14/h5-6,9,17H,3-4,7-8,14H2,1-2H3,(H,15,18). The summed E-state index contributed by atoms with van der Waals surface area (Å²) in [5.74, 6) is -0.130. The van der Waals surface area contributed by atoms with Gasteiger partial charge in [0.15, 0.2) is 0 Å². The van der Waals surface area contributed by atoms with Crippen molar-refractivity contribution < 1.29 is 9.90 Å². The second-order valence-electron chi connectivity index (χ2n) is 4.01. The molecule has 0 aliphatic rings. The van der Waals surface area contributed by atoms with Crippen LogP contribution in [0.2, 0.25) is 0 Å². The number of nitrogens with two attached hydrogens (primary N) is 1. The van der Waals surface area contributed by atoms with Crippen molar-refractivity contribution in [2.45, 2.75) is 13.3 Å². The highest BCUT2D eigenvalue weighted by Gasteiger charge is 2.11. The number of nitrogens with one attached hydrogen (secondary N) is 1. The molecule has 0 atom stereocenters. The Labute approximate surface area is 108 Å². The zero-order valence-electron chi connectivity index (χ0n) is 10.9. The molecule has 0 saturated carbocycles. The smallest absolute Gasteiger partial charge is 0.251 e. The fourth-order valence-electron chi connectivity index (χ4n) is 1.81. The SMILES string of the molecule is CCN(CCCO)c1cc(C(=O)NC)ccc1N. The van der Waals surface area contributed by atoms with E-state index >= 15 is 0 Å². The van der Waals surface area contributed by atoms with Gasteiger partial charge in [0.1, 0.15) is 0 Å². The number of benzene rings is 1. The molecule has 1 aromatic rings. The van der Waals surface area contributed by atoms with Gasteiger partial charge in [0.05, 0.1) is 11.4 Å². The van der Waals surface area contributed by atoms with Crippen molar-refractivity contribution in [2.75, 3.05) is 37.4 Å². The van der Waals surface area contributed by atoms with Gasteiger partial charge in [-0.3, -0.25) is 4.79 Å². The number of hydrogen-bond donors (Lipinski definition) is 3. The maximum Gasteiger partial charge on any atom is 0.251 e. The van der Waals surface area contributed by atoms with E-state index in [-0.39, 0.29) is 12.5 Å². The summed E-state index contributed by atoms with van der Waals surface area (Å²) in [5, 5.41) is 11.5. The summed E-state index contributed by atoms with van der Waals surface area (Å²) in [7, 11) is 1.60. The summed E-state index contributed by atoms with van der Waals surface area (Å²) >= 11 is 0. The van der Waals surface area contributed by atoms with Gasteiger partial charge in [-0.25, -0.2) is 0 Å². The molecule has 5 heteroatoms. The minimum absolute atomic E-state index is 0.130. The van der Waals surface area contributed by atoms with Crippen LogP contribution in [-0.2, 0) is 0 Å². The summed E-state index contributed by atoms with van der Waals surface area (Å²) in [5.41, 5.74) is 8.01. The molecule has 0 aliphatic heterocycles. The summed E-state index contributed by atoms with van der Waals surface area (Å²) in [4.78, 5) is 13.6. The Morgan fingerprint density at radius 2 is 2.22 bits per heavy atom. The third-order valence-corrected chi connectivity index (χ3v) is 2.83. The quantitative estimate of drug-likeness (QED) is 0.655. The van der Waals surface area contributed by atoms with E-state index in [0.29, 0.717) is 24.2 Å². The van der Waals surface area contributed by atoms with Crippen LogP contribution < -0.4 is 16.0 Å². The lowest BCUT2D eigenvalue weighted by atomic mass is 10.1. The number of anilines is 2. The van der Waals surface area contributed by atoms with Crippen molar-refractivity contribution >= 4 is 17.3 Å². The largest absolute Gasteiger partial charge is 0.397 e. The number of rotatable bonds is 6. The maximum atomic E-state index is 11.6. The van der Waals surface area contributed by atoms with Crippen LogP contribution in [0.25, 0.3) is 0 Å². The summed E-state index contributed by atoms with van der Waals surface area (Å²) in [6.07, 6.45) is 0.678. The molecule has 0 saturated heterocycles. The van der Waals surface area contributed by atoms with Crippen LogP contribution in [-0.4, -0.2) is 37.8 Å². The van der Waals surface area contributed by atoms with E-state index in [0.717, 1.165) is 12.2 Å². The van der Waals surface area contributed by atoms with Crippen LogP contribution in [0.3, 0.4) is 0 Å². The van der Waals surface area contributed by atoms with E-state index in [4.69, 9.17) is 10.8 Å². The number of hydrogen-bond acceptors (Lipinski definition) is 4. The van der Waals surface area contributed by atoms with Gasteiger partial charge in [0.25, 0.3) is 5.91 Å². The zero-order valence-corrected chi connectivity index (χ0v) is 10.9. The van der Waals surface area contributed by atoms with Gasteiger partial charge < -0.3 is 21.1 Å². The molecular formula is C13H21N3O2. The van der Waals surface area contributed by atoms with Gasteiger partial charge in [-0.05, 0) is 31.5 Å². The van der Waals surface area contributed by atoms with Gasteiger partial charge in [-0.1, -0.05) is 0 Å². The van der Waals surface area contributed by atoms with Crippen molar-refractivity contribution in [1.29, 1.82) is 0 Å². The molecule has 0 unspecified atom stereocenters. The van der Waals surface area contributed by atoms with Crippen molar-refractivity contribution in [3.63, 3.8) is 0 Å². The molecule has 0 bridgehead atoms. The Morgan fingerprint density at radius 3 is 2.78 bits per heavy atom. The number of aliphatic hydroxyl groups is 1. The van der Waals surface area contributed by atoms with Crippen molar-refractivity contribution in [2.24, 2.45) is 0 Å². The molecule has 0 aromatic heterocycles. The van der Waals surface area contributed by atoms with Gasteiger partial charge in [-0.2, -0.15) is 0 Å². The van der Waals surface area contributed by atoms with Crippen LogP contribution in [0.4, 0.5) is 11.4 Å². The van der Waals surface area contributed by atoms with Crippen LogP contribution in [0.5, 0.6) is 0 Å². The van der Waals surface area contributed by atoms with E-state index in [1.54, 1.807) is 25.2 Å². The monoisotopic (exact) mass is 251 g/mol. The normalized spacial score (nSPS) is 10.2. The Hall–Kier alpha value is -1.75. The number of nitrogens with zero attached hydrogens (tertiary/aromatic N) is 1. The Kier molecular flexibility index (Phi) is 5.45. The number of carbonyl (C=O) groups excluding carboxylic acids is 1. The molecule has 1 rings (SSSR count). The first-order valence-electron chi connectivity index (χ1n) is 6.11. The first-order valence-corrected chi connectivity index (χ1v) is 6.11. The van der Waals surface area contributed by atoms with E-state index in [9.17, 15) is 4.79 Å². The van der Waals surface area contributed by atoms with E-state index in [2.05, 4.69) is 10.2 Å². The lowest BCUT2D eigenvalue weighted by molar-refractivity contribution is 0.0963. The topological polar surface area (TPSA) is 78.6 Å². The van der Waals surface area contributed by atoms with Crippen LogP contribution in [0, 0.1) is 0 Å². The number of aliphatic hydroxyl groups excluding tert-OH is 1. The first kappa shape index (κ1) is 14.3. The zero-order chi connectivity index (χ0) is 13.5. The third-order valence-electron chi connectivity index (χ3n) is 2.83. The minimum Gasteiger partial charge on any atom is -0.397 e. The van der Waals surface area contributed by atoms with E-state index < -0.39 is 0 Å². The Balaban J connectivity index is 3.00. The highest BCUT2D eigenvalue weighted by Crippen LogP contribution is 2.24. The molecule has 0 aliphatic carbocycles. The average molecular weight is 251 g/mol. The van der Waals surface area contributed by atoms with E-state index in [1.807, 2.05) is 6.92 Å². The van der Waals surface area contributed by atoms with Gasteiger partial charge >= 0.3 is 0 Å². The molecular weight excluding hydrogens is 230 g/mol. The summed E-state index contributed by atoms with van der Waals surface area (Å²) in [6.45, 7) is 3.66. The first-order chi connectivity index (χ1) is 8.63. The fraction of sp³-hybridized carbons (Fsp3) is 0.462. The second-order valence-corrected chi connectivity index (χ2v) is 4.01. The van der Waals surface area contributed by atoms with E-state index in [1.165, 1.54) is 0 Å². The fourth-order valence-corrected chi connectivity index (χ4v) is 1.81. The average Bonchev–Trinajstić information content (AvgIpc) is 2.40. The lowest BCUT2D eigenvalue weighted by Gasteiger charge is -2.24. The lowest BCUT2D eigenvalue weighted by Crippen LogP contribution is -2.26. The Morgan fingerprint density at radius 1 is 1.50 bits per heavy atom. The van der Waals surface area contributed by atoms with Gasteiger partial charge in [-0.15, -0.1) is 0 Å². The van der Waals surface area contributed by atoms with Gasteiger partial charge in [0, 0.05) is 32.3 Å². The second kappa shape index (κ2) is 6.86. The molecule has 18 heavy (non-hydrogen) atoms. The van der Waals surface area contributed by atoms with Crippen LogP contribution in [0.15, 0.2) is 18.2 Å². The number of carbonyl (C=O) groups is 1. The van der Waals surface area contributed by atoms with Crippen molar-refractivity contribution in [3.8, 4) is 0 Å². The predicted octanol–water partition coefficient (Wildman–Crippen LogP) is 0.837. The van der Waals surface area contributed by atoms with Crippen LogP contribution >= 0.6 is 0 Å². The minimum atomic E-state index is -0.130. The molecule has 4 N–H and O–H groups in total. The molecule has 5 nitrogen and oxygen atoms in total. The van der Waals surface area contributed by atoms with Gasteiger partial charge in [0.2, 0.25) is 0 Å². The Bertz CT molecular complexity index is 407. The van der Waals surface area contributed by atoms with Crippen molar-refractivity contribution in [3.05, 3.63) is 23.8 Å². The molecule has 1 amide bonds. The molecule has 0 spiro atoms. The third kappa shape index (κ3) is 3.37. The highest BCUT2D eigenvalue weighted by atomic mass is 16.3. The molecule has 0 radical (unpaired) electrons. The predicted molar refractivity (Wildman–Crippen MR) is 73.8 cm³/mol. The summed E-state index contributed by atoms with van der Waals surface area (Å²) in [6, 6.07) is 5.23. The van der Waals surface area contributed by atoms with Crippen molar-refractivity contribution in [1.82, 2.24) is 5.32 Å². The molecule has 0 heterocycles.